The summed E-state index contributed by atoms with van der Waals surface area (Å²) < 4.78 is 16.5. The topological polar surface area (TPSA) is 60.0 Å². The van der Waals surface area contributed by atoms with E-state index < -0.39 is 0 Å². The van der Waals surface area contributed by atoms with Crippen molar-refractivity contribution >= 4 is 0 Å². The molecule has 1 saturated carbocycles. The monoisotopic (exact) mass is 265 g/mol. The smallest absolute Gasteiger partial charge is 0.203 e. The van der Waals surface area contributed by atoms with Gasteiger partial charge in [-0.15, -0.1) is 0 Å². The van der Waals surface area contributed by atoms with E-state index in [4.69, 9.17) is 14.2 Å². The summed E-state index contributed by atoms with van der Waals surface area (Å²) in [6.45, 7) is 1.87. The number of rotatable bonds is 4. The van der Waals surface area contributed by atoms with Gasteiger partial charge in [0.25, 0.3) is 0 Å². The zero-order valence-electron chi connectivity index (χ0n) is 11.0. The van der Waals surface area contributed by atoms with Crippen molar-refractivity contribution < 1.29 is 19.3 Å². The molecule has 5 heteroatoms. The van der Waals surface area contributed by atoms with Gasteiger partial charge in [0.15, 0.2) is 11.5 Å². The summed E-state index contributed by atoms with van der Waals surface area (Å²) in [6, 6.07) is 4.36. The van der Waals surface area contributed by atoms with E-state index in [1.807, 2.05) is 12.1 Å². The zero-order valence-corrected chi connectivity index (χ0v) is 11.0. The van der Waals surface area contributed by atoms with Gasteiger partial charge in [-0.25, -0.2) is 0 Å². The fraction of sp³-hybridized carbons (Fsp3) is 0.571. The van der Waals surface area contributed by atoms with Crippen molar-refractivity contribution in [3.63, 3.8) is 0 Å². The van der Waals surface area contributed by atoms with Gasteiger partial charge in [0.1, 0.15) is 13.2 Å². The number of nitrogens with one attached hydrogen (secondary N) is 1. The lowest BCUT2D eigenvalue weighted by molar-refractivity contribution is 0.0619. The quantitative estimate of drug-likeness (QED) is 0.853. The Morgan fingerprint density at radius 1 is 1.32 bits per heavy atom. The highest BCUT2D eigenvalue weighted by Gasteiger charge is 2.26. The molecule has 5 nitrogen and oxygen atoms in total. The molecule has 1 aromatic rings. The van der Waals surface area contributed by atoms with Crippen molar-refractivity contribution in [2.45, 2.75) is 31.5 Å². The van der Waals surface area contributed by atoms with Gasteiger partial charge in [0, 0.05) is 12.6 Å². The molecule has 0 amide bonds. The molecule has 1 aliphatic carbocycles. The fourth-order valence-corrected chi connectivity index (χ4v) is 2.45. The number of benzene rings is 1. The minimum atomic E-state index is -0.132. The third-order valence-corrected chi connectivity index (χ3v) is 3.60. The van der Waals surface area contributed by atoms with Crippen LogP contribution >= 0.6 is 0 Å². The predicted octanol–water partition coefficient (Wildman–Crippen LogP) is 1.08. The molecule has 1 fully saturated rings. The van der Waals surface area contributed by atoms with E-state index >= 15 is 0 Å². The second-order valence-electron chi connectivity index (χ2n) is 5.03. The molecule has 1 heterocycles. The van der Waals surface area contributed by atoms with Crippen LogP contribution in [0.1, 0.15) is 18.4 Å². The van der Waals surface area contributed by atoms with Gasteiger partial charge >= 0.3 is 0 Å². The Balaban J connectivity index is 1.70. The maximum atomic E-state index is 9.26. The summed E-state index contributed by atoms with van der Waals surface area (Å²) in [6.07, 6.45) is 1.54. The number of aliphatic hydroxyl groups is 1. The molecule has 0 saturated heterocycles. The highest BCUT2D eigenvalue weighted by molar-refractivity contribution is 5.54. The number of ether oxygens (including phenoxy) is 3. The first-order chi connectivity index (χ1) is 9.26. The summed E-state index contributed by atoms with van der Waals surface area (Å²) >= 11 is 0. The summed E-state index contributed by atoms with van der Waals surface area (Å²) in [5.74, 6) is 2.15. The van der Waals surface area contributed by atoms with Crippen molar-refractivity contribution in [3.05, 3.63) is 17.7 Å². The summed E-state index contributed by atoms with van der Waals surface area (Å²) in [5, 5.41) is 12.7. The largest absolute Gasteiger partial charge is 0.493 e. The van der Waals surface area contributed by atoms with Crippen LogP contribution in [0, 0.1) is 0 Å². The summed E-state index contributed by atoms with van der Waals surface area (Å²) in [5.41, 5.74) is 1.10. The van der Waals surface area contributed by atoms with Crippen molar-refractivity contribution in [1.29, 1.82) is 0 Å². The molecule has 0 bridgehead atoms. The molecule has 3 rings (SSSR count). The molecule has 104 valence electrons. The van der Waals surface area contributed by atoms with Crippen molar-refractivity contribution in [1.82, 2.24) is 5.32 Å². The van der Waals surface area contributed by atoms with Gasteiger partial charge in [0.05, 0.1) is 13.2 Å². The van der Waals surface area contributed by atoms with Crippen LogP contribution < -0.4 is 19.5 Å². The lowest BCUT2D eigenvalue weighted by Gasteiger charge is -2.32. The average molecular weight is 265 g/mol. The van der Waals surface area contributed by atoms with Crippen molar-refractivity contribution in [2.75, 3.05) is 20.3 Å². The van der Waals surface area contributed by atoms with E-state index in [1.54, 1.807) is 7.11 Å². The molecule has 0 aromatic heterocycles. The zero-order chi connectivity index (χ0) is 13.2. The lowest BCUT2D eigenvalue weighted by Crippen LogP contribution is -2.43. The van der Waals surface area contributed by atoms with Gasteiger partial charge in [-0.2, -0.15) is 0 Å². The standard InChI is InChI=1S/C14H19NO4/c1-17-12-4-9(8-15-10-6-11(16)7-10)5-13-14(12)19-3-2-18-13/h4-5,10-11,15-16H,2-3,6-8H2,1H3. The molecule has 1 aromatic carbocycles. The van der Waals surface area contributed by atoms with E-state index in [9.17, 15) is 5.11 Å². The molecular formula is C14H19NO4. The maximum absolute atomic E-state index is 9.26. The summed E-state index contributed by atoms with van der Waals surface area (Å²) in [7, 11) is 1.63. The highest BCUT2D eigenvalue weighted by atomic mass is 16.6. The van der Waals surface area contributed by atoms with E-state index in [0.29, 0.717) is 30.8 Å². The molecule has 1 aliphatic heterocycles. The maximum Gasteiger partial charge on any atom is 0.203 e. The van der Waals surface area contributed by atoms with Crippen LogP contribution in [0.25, 0.3) is 0 Å². The molecular weight excluding hydrogens is 246 g/mol. The van der Waals surface area contributed by atoms with Crippen LogP contribution in [0.2, 0.25) is 0 Å². The van der Waals surface area contributed by atoms with Crippen LogP contribution in [-0.4, -0.2) is 37.6 Å². The Kier molecular flexibility index (Phi) is 3.48. The van der Waals surface area contributed by atoms with Crippen LogP contribution in [0.3, 0.4) is 0 Å². The first-order valence-corrected chi connectivity index (χ1v) is 6.64. The first-order valence-electron chi connectivity index (χ1n) is 6.64. The Hall–Kier alpha value is -1.46. The molecule has 0 radical (unpaired) electrons. The van der Waals surface area contributed by atoms with Crippen LogP contribution in [-0.2, 0) is 6.54 Å². The predicted molar refractivity (Wildman–Crippen MR) is 69.9 cm³/mol. The molecule has 0 spiro atoms. The SMILES string of the molecule is COc1cc(CNC2CC(O)C2)cc2c1OCCO2. The minimum Gasteiger partial charge on any atom is -0.493 e. The second kappa shape index (κ2) is 5.27. The lowest BCUT2D eigenvalue weighted by atomic mass is 9.89. The van der Waals surface area contributed by atoms with Crippen LogP contribution in [0.15, 0.2) is 12.1 Å². The van der Waals surface area contributed by atoms with E-state index in [1.165, 1.54) is 0 Å². The van der Waals surface area contributed by atoms with Crippen LogP contribution in [0.5, 0.6) is 17.2 Å². The Bertz CT molecular complexity index is 440. The van der Waals surface area contributed by atoms with Gasteiger partial charge in [0.2, 0.25) is 5.75 Å². The third kappa shape index (κ3) is 2.62. The fourth-order valence-electron chi connectivity index (χ4n) is 2.45. The molecule has 2 aliphatic rings. The second-order valence-corrected chi connectivity index (χ2v) is 5.03. The molecule has 19 heavy (non-hydrogen) atoms. The Labute approximate surface area is 112 Å². The van der Waals surface area contributed by atoms with Crippen LogP contribution in [0.4, 0.5) is 0 Å². The number of hydrogen-bond acceptors (Lipinski definition) is 5. The van der Waals surface area contributed by atoms with Gasteiger partial charge in [-0.1, -0.05) is 0 Å². The average Bonchev–Trinajstić information content (AvgIpc) is 2.41. The van der Waals surface area contributed by atoms with Gasteiger partial charge in [-0.3, -0.25) is 0 Å². The Morgan fingerprint density at radius 2 is 2.11 bits per heavy atom. The van der Waals surface area contributed by atoms with E-state index in [0.717, 1.165) is 30.7 Å². The molecule has 2 N–H and O–H groups in total. The third-order valence-electron chi connectivity index (χ3n) is 3.60. The van der Waals surface area contributed by atoms with E-state index in [2.05, 4.69) is 5.32 Å². The number of methoxy groups -OCH3 is 1. The number of fused-ring (bicyclic) bond motifs is 1. The Morgan fingerprint density at radius 3 is 2.84 bits per heavy atom. The summed E-state index contributed by atoms with van der Waals surface area (Å²) in [4.78, 5) is 0. The number of hydrogen-bond donors (Lipinski definition) is 2. The van der Waals surface area contributed by atoms with E-state index in [-0.39, 0.29) is 6.10 Å². The normalized spacial score (nSPS) is 24.7. The number of aliphatic hydroxyl groups excluding tert-OH is 1. The van der Waals surface area contributed by atoms with Crippen molar-refractivity contribution in [3.8, 4) is 17.2 Å². The van der Waals surface area contributed by atoms with Gasteiger partial charge in [-0.05, 0) is 30.5 Å². The molecule has 0 unspecified atom stereocenters. The first kappa shape index (κ1) is 12.6. The van der Waals surface area contributed by atoms with Gasteiger partial charge < -0.3 is 24.6 Å². The minimum absolute atomic E-state index is 0.132. The molecule has 0 atom stereocenters. The highest BCUT2D eigenvalue weighted by Crippen LogP contribution is 2.40. The van der Waals surface area contributed by atoms with Crippen molar-refractivity contribution in [2.24, 2.45) is 0 Å².